The van der Waals surface area contributed by atoms with E-state index in [1.54, 1.807) is 16.8 Å². The molecule has 148 valence electrons. The first-order chi connectivity index (χ1) is 15.3. The lowest BCUT2D eigenvalue weighted by atomic mass is 10.1. The number of nitrogen functional groups attached to an aromatic ring is 1. The van der Waals surface area contributed by atoms with Gasteiger partial charge in [0.1, 0.15) is 11.6 Å². The summed E-state index contributed by atoms with van der Waals surface area (Å²) in [5.74, 6) is 0.960. The van der Waals surface area contributed by atoms with E-state index >= 15 is 0 Å². The minimum absolute atomic E-state index is 0.171. The Bertz CT molecular complexity index is 1310. The van der Waals surface area contributed by atoms with Gasteiger partial charge in [-0.15, -0.1) is 5.10 Å². The van der Waals surface area contributed by atoms with Crippen molar-refractivity contribution in [3.05, 3.63) is 36.8 Å². The summed E-state index contributed by atoms with van der Waals surface area (Å²) in [6, 6.07) is 5.61. The van der Waals surface area contributed by atoms with Crippen molar-refractivity contribution in [1.29, 1.82) is 0 Å². The zero-order valence-corrected chi connectivity index (χ0v) is 15.8. The minimum Gasteiger partial charge on any atom is -0.384 e. The molecule has 0 aliphatic carbocycles. The first-order valence-electron chi connectivity index (χ1n) is 10.8. The highest BCUT2D eigenvalue weighted by Crippen LogP contribution is 2.31. The van der Waals surface area contributed by atoms with E-state index in [1.165, 1.54) is 6.20 Å². The topological polar surface area (TPSA) is 106 Å². The molecular weight excluding hydrogens is 368 g/mol. The van der Waals surface area contributed by atoms with Crippen LogP contribution in [0.15, 0.2) is 36.8 Å². The Balaban J connectivity index is 1.58. The molecule has 4 aromatic heterocycles. The molecule has 5 heterocycles. The van der Waals surface area contributed by atoms with E-state index in [0.717, 1.165) is 18.8 Å². The van der Waals surface area contributed by atoms with Crippen molar-refractivity contribution in [3.63, 3.8) is 0 Å². The normalized spacial score (nSPS) is 19.1. The molecule has 1 saturated heterocycles. The van der Waals surface area contributed by atoms with Gasteiger partial charge in [-0.1, -0.05) is 0 Å². The summed E-state index contributed by atoms with van der Waals surface area (Å²) in [5.41, 5.74) is 8.27. The fourth-order valence-electron chi connectivity index (χ4n) is 3.66. The number of morpholine rings is 1. The average molecular weight is 393 g/mol. The standard InChI is InChI=1S/C20H22N8O/c1-12-10-27(5-6-29-12)13-3-4-18-25-20(26-28(18)11-13)16-9-24-19(22-2)15-8-23-17(21)7-14(15)16/h3-4,7-9,11-12H,5-6,10H2,1-2H3,(H2,21,23)(H,22,24)/i2D3. The maximum Gasteiger partial charge on any atom is 0.184 e. The van der Waals surface area contributed by atoms with Crippen LogP contribution in [-0.4, -0.2) is 57.3 Å². The second kappa shape index (κ2) is 6.85. The molecular formula is C20H22N8O. The lowest BCUT2D eigenvalue weighted by molar-refractivity contribution is 0.0532. The van der Waals surface area contributed by atoms with Gasteiger partial charge in [-0.25, -0.2) is 19.5 Å². The Hall–Kier alpha value is -3.46. The van der Waals surface area contributed by atoms with Crippen molar-refractivity contribution in [2.45, 2.75) is 13.0 Å². The highest BCUT2D eigenvalue weighted by atomic mass is 16.5. The molecule has 1 unspecified atom stereocenters. The van der Waals surface area contributed by atoms with Crippen molar-refractivity contribution < 1.29 is 8.85 Å². The van der Waals surface area contributed by atoms with Gasteiger partial charge in [0.2, 0.25) is 0 Å². The number of pyridine rings is 3. The van der Waals surface area contributed by atoms with E-state index < -0.39 is 6.98 Å². The summed E-state index contributed by atoms with van der Waals surface area (Å²) < 4.78 is 29.8. The second-order valence-corrected chi connectivity index (χ2v) is 7.05. The first-order valence-corrected chi connectivity index (χ1v) is 9.33. The number of ether oxygens (including phenoxy) is 1. The van der Waals surface area contributed by atoms with Crippen LogP contribution in [0.4, 0.5) is 17.3 Å². The molecule has 0 radical (unpaired) electrons. The molecule has 9 nitrogen and oxygen atoms in total. The Morgan fingerprint density at radius 1 is 1.28 bits per heavy atom. The highest BCUT2D eigenvalue weighted by molar-refractivity contribution is 6.01. The van der Waals surface area contributed by atoms with E-state index in [1.807, 2.05) is 18.3 Å². The van der Waals surface area contributed by atoms with Crippen LogP contribution in [0.3, 0.4) is 0 Å². The molecule has 29 heavy (non-hydrogen) atoms. The number of nitrogens with zero attached hydrogens (tertiary/aromatic N) is 6. The van der Waals surface area contributed by atoms with Gasteiger partial charge in [0, 0.05) is 52.9 Å². The molecule has 1 fully saturated rings. The van der Waals surface area contributed by atoms with Crippen LogP contribution < -0.4 is 16.0 Å². The summed E-state index contributed by atoms with van der Waals surface area (Å²) in [6.45, 7) is 1.98. The molecule has 0 aromatic carbocycles. The third kappa shape index (κ3) is 3.09. The molecule has 1 aliphatic heterocycles. The van der Waals surface area contributed by atoms with Crippen molar-refractivity contribution in [2.24, 2.45) is 0 Å². The fourth-order valence-corrected chi connectivity index (χ4v) is 3.66. The summed E-state index contributed by atoms with van der Waals surface area (Å²) in [4.78, 5) is 15.3. The van der Waals surface area contributed by atoms with Crippen LogP contribution in [0.1, 0.15) is 11.0 Å². The van der Waals surface area contributed by atoms with Gasteiger partial charge in [0.25, 0.3) is 0 Å². The van der Waals surface area contributed by atoms with Crippen LogP contribution in [0.5, 0.6) is 0 Å². The van der Waals surface area contributed by atoms with Gasteiger partial charge < -0.3 is 20.7 Å². The fraction of sp³-hybridized carbons (Fsp3) is 0.300. The number of nitrogens with one attached hydrogen (secondary N) is 1. The van der Waals surface area contributed by atoms with E-state index in [0.29, 0.717) is 40.2 Å². The molecule has 0 spiro atoms. The zero-order valence-electron chi connectivity index (χ0n) is 18.8. The smallest absolute Gasteiger partial charge is 0.184 e. The van der Waals surface area contributed by atoms with E-state index in [-0.39, 0.29) is 11.9 Å². The van der Waals surface area contributed by atoms with Gasteiger partial charge >= 0.3 is 0 Å². The van der Waals surface area contributed by atoms with Crippen LogP contribution in [0, 0.1) is 0 Å². The molecule has 0 amide bonds. The molecule has 1 atom stereocenters. The van der Waals surface area contributed by atoms with Crippen molar-refractivity contribution in [2.75, 3.05) is 42.6 Å². The zero-order chi connectivity index (χ0) is 22.5. The molecule has 9 heteroatoms. The van der Waals surface area contributed by atoms with Crippen molar-refractivity contribution >= 4 is 33.7 Å². The Labute approximate surface area is 171 Å². The number of hydrogen-bond donors (Lipinski definition) is 2. The average Bonchev–Trinajstić information content (AvgIpc) is 3.15. The lowest BCUT2D eigenvalue weighted by Crippen LogP contribution is -2.41. The van der Waals surface area contributed by atoms with Gasteiger partial charge in [-0.3, -0.25) is 0 Å². The van der Waals surface area contributed by atoms with Gasteiger partial charge in [-0.2, -0.15) is 0 Å². The minimum atomic E-state index is -2.39. The lowest BCUT2D eigenvalue weighted by Gasteiger charge is -2.32. The third-order valence-corrected chi connectivity index (χ3v) is 5.07. The van der Waals surface area contributed by atoms with Crippen LogP contribution in [0.25, 0.3) is 27.8 Å². The number of anilines is 3. The predicted octanol–water partition coefficient (Wildman–Crippen LogP) is 2.19. The number of hydrogen-bond acceptors (Lipinski definition) is 8. The van der Waals surface area contributed by atoms with Gasteiger partial charge in [-0.05, 0) is 25.1 Å². The molecule has 4 aromatic rings. The van der Waals surface area contributed by atoms with Gasteiger partial charge in [0.05, 0.1) is 24.6 Å². The predicted molar refractivity (Wildman–Crippen MR) is 113 cm³/mol. The van der Waals surface area contributed by atoms with Crippen molar-refractivity contribution in [3.8, 4) is 11.4 Å². The third-order valence-electron chi connectivity index (χ3n) is 5.07. The Morgan fingerprint density at radius 3 is 3.07 bits per heavy atom. The summed E-state index contributed by atoms with van der Waals surface area (Å²) in [7, 11) is 0. The Morgan fingerprint density at radius 2 is 2.21 bits per heavy atom. The number of rotatable bonds is 3. The summed E-state index contributed by atoms with van der Waals surface area (Å²) in [5, 5.41) is 8.29. The molecule has 0 bridgehead atoms. The van der Waals surface area contributed by atoms with E-state index in [9.17, 15) is 0 Å². The van der Waals surface area contributed by atoms with Crippen LogP contribution in [0.2, 0.25) is 0 Å². The van der Waals surface area contributed by atoms with E-state index in [2.05, 4.69) is 37.2 Å². The monoisotopic (exact) mass is 393 g/mol. The maximum absolute atomic E-state index is 7.49. The number of aromatic nitrogens is 5. The quantitative estimate of drug-likeness (QED) is 0.546. The highest BCUT2D eigenvalue weighted by Gasteiger charge is 2.19. The van der Waals surface area contributed by atoms with Crippen LogP contribution >= 0.6 is 0 Å². The maximum atomic E-state index is 7.49. The number of nitrogens with two attached hydrogens (primary N) is 1. The van der Waals surface area contributed by atoms with E-state index in [4.69, 9.17) is 14.6 Å². The molecule has 3 N–H and O–H groups in total. The Kier molecular flexibility index (Phi) is 3.43. The molecule has 0 saturated carbocycles. The summed E-state index contributed by atoms with van der Waals surface area (Å²) >= 11 is 0. The van der Waals surface area contributed by atoms with Crippen LogP contribution in [-0.2, 0) is 4.74 Å². The molecule has 5 rings (SSSR count). The van der Waals surface area contributed by atoms with Crippen molar-refractivity contribution in [1.82, 2.24) is 24.6 Å². The number of fused-ring (bicyclic) bond motifs is 2. The largest absolute Gasteiger partial charge is 0.384 e. The SMILES string of the molecule is [2H]C([2H])([2H])Nc1ncc(-c2nc3ccc(N4CCOC(C)C4)cn3n2)c2cc(N)ncc12. The first kappa shape index (κ1) is 14.5. The van der Waals surface area contributed by atoms with Gasteiger partial charge in [0.15, 0.2) is 11.5 Å². The second-order valence-electron chi connectivity index (χ2n) is 7.05. The molecule has 1 aliphatic rings. The summed E-state index contributed by atoms with van der Waals surface area (Å²) in [6.07, 6.45) is 5.17.